The molecule has 126 valence electrons. The fourth-order valence-electron chi connectivity index (χ4n) is 2.21. The summed E-state index contributed by atoms with van der Waals surface area (Å²) in [5.74, 6) is -2.22. The van der Waals surface area contributed by atoms with Gasteiger partial charge in [-0.15, -0.1) is 0 Å². The quantitative estimate of drug-likeness (QED) is 0.451. The molecule has 0 aliphatic rings. The van der Waals surface area contributed by atoms with Gasteiger partial charge in [0, 0.05) is 24.2 Å². The summed E-state index contributed by atoms with van der Waals surface area (Å²) >= 11 is 0. The normalized spacial score (nSPS) is 12.4. The molecule has 1 aromatic carbocycles. The maximum atomic E-state index is 12.8. The summed E-state index contributed by atoms with van der Waals surface area (Å²) in [4.78, 5) is 29.0. The second kappa shape index (κ2) is 7.35. The van der Waals surface area contributed by atoms with Crippen molar-refractivity contribution in [1.82, 2.24) is 4.98 Å². The fraction of sp³-hybridized carbons (Fsp3) is 0.235. The van der Waals surface area contributed by atoms with E-state index in [1.165, 1.54) is 36.7 Å². The van der Waals surface area contributed by atoms with E-state index in [-0.39, 0.29) is 17.1 Å². The largest absolute Gasteiger partial charge is 0.465 e. The number of hydrogen-bond donors (Lipinski definition) is 0. The van der Waals surface area contributed by atoms with Gasteiger partial charge in [0.2, 0.25) is 0 Å². The van der Waals surface area contributed by atoms with E-state index in [4.69, 9.17) is 4.74 Å². The Hall–Kier alpha value is -2.54. The van der Waals surface area contributed by atoms with E-state index < -0.39 is 27.5 Å². The summed E-state index contributed by atoms with van der Waals surface area (Å²) in [6.45, 7) is 1.81. The van der Waals surface area contributed by atoms with Crippen LogP contribution in [0.3, 0.4) is 0 Å². The Kier molecular flexibility index (Phi) is 5.46. The molecule has 2 aromatic rings. The van der Waals surface area contributed by atoms with Crippen LogP contribution in [-0.4, -0.2) is 38.0 Å². The first-order valence-corrected chi connectivity index (χ1v) is 9.14. The Morgan fingerprint density at radius 1 is 1.08 bits per heavy atom. The lowest BCUT2D eigenvalue weighted by atomic mass is 9.91. The van der Waals surface area contributed by atoms with E-state index in [1.54, 1.807) is 19.1 Å². The lowest BCUT2D eigenvalue weighted by Crippen LogP contribution is -2.24. The van der Waals surface area contributed by atoms with Crippen molar-refractivity contribution in [3.63, 3.8) is 0 Å². The van der Waals surface area contributed by atoms with E-state index in [9.17, 15) is 18.0 Å². The van der Waals surface area contributed by atoms with Crippen LogP contribution in [0.1, 0.15) is 28.8 Å². The first-order valence-electron chi connectivity index (χ1n) is 7.25. The Bertz CT molecular complexity index is 829. The average Bonchev–Trinajstić information content (AvgIpc) is 2.55. The molecular formula is C17H17NO5S. The smallest absolute Gasteiger partial charge is 0.321 e. The van der Waals surface area contributed by atoms with Gasteiger partial charge in [-0.3, -0.25) is 14.6 Å². The van der Waals surface area contributed by atoms with Gasteiger partial charge in [0.15, 0.2) is 15.6 Å². The number of hydrogen-bond acceptors (Lipinski definition) is 6. The van der Waals surface area contributed by atoms with Crippen molar-refractivity contribution < 1.29 is 22.7 Å². The molecule has 1 unspecified atom stereocenters. The maximum Gasteiger partial charge on any atom is 0.321 e. The number of carbonyl (C=O) groups is 2. The molecule has 1 aromatic heterocycles. The number of ketones is 1. The average molecular weight is 347 g/mol. The summed E-state index contributed by atoms with van der Waals surface area (Å²) in [5, 5.41) is 0. The molecule has 0 fully saturated rings. The summed E-state index contributed by atoms with van der Waals surface area (Å²) < 4.78 is 28.0. The van der Waals surface area contributed by atoms with Gasteiger partial charge in [0.05, 0.1) is 11.5 Å². The topological polar surface area (TPSA) is 90.4 Å². The molecule has 0 saturated heterocycles. The van der Waals surface area contributed by atoms with Crippen molar-refractivity contribution in [2.45, 2.75) is 17.7 Å². The van der Waals surface area contributed by atoms with Crippen molar-refractivity contribution in [3.8, 4) is 0 Å². The molecular weight excluding hydrogens is 330 g/mol. The predicted molar refractivity (Wildman–Crippen MR) is 87.5 cm³/mol. The minimum absolute atomic E-state index is 0.107. The van der Waals surface area contributed by atoms with Crippen molar-refractivity contribution in [3.05, 3.63) is 59.9 Å². The van der Waals surface area contributed by atoms with Crippen LogP contribution in [0.15, 0.2) is 53.7 Å². The van der Waals surface area contributed by atoms with E-state index in [0.29, 0.717) is 5.56 Å². The Morgan fingerprint density at radius 2 is 1.67 bits per heavy atom. The summed E-state index contributed by atoms with van der Waals surface area (Å²) in [7, 11) is -3.35. The lowest BCUT2D eigenvalue weighted by Gasteiger charge is -2.15. The van der Waals surface area contributed by atoms with Crippen molar-refractivity contribution >= 4 is 21.6 Å². The van der Waals surface area contributed by atoms with Gasteiger partial charge in [-0.2, -0.15) is 0 Å². The molecule has 24 heavy (non-hydrogen) atoms. The van der Waals surface area contributed by atoms with Gasteiger partial charge < -0.3 is 4.74 Å². The Labute approximate surface area is 140 Å². The Morgan fingerprint density at radius 3 is 2.17 bits per heavy atom. The minimum atomic E-state index is -3.35. The number of sulfone groups is 1. The van der Waals surface area contributed by atoms with Crippen LogP contribution in [0, 0.1) is 0 Å². The standard InChI is InChI=1S/C17H17NO5S/c1-3-23-17(20)15(12-8-10-18-11-9-12)16(19)13-4-6-14(7-5-13)24(2,21)22/h4-11,15H,3H2,1-2H3. The number of Topliss-reactive ketones (excluding diaryl/α,β-unsaturated/α-hetero) is 1. The molecule has 0 amide bonds. The molecule has 6 nitrogen and oxygen atoms in total. The number of carbonyl (C=O) groups excluding carboxylic acids is 2. The predicted octanol–water partition coefficient (Wildman–Crippen LogP) is 2.01. The number of esters is 1. The zero-order chi connectivity index (χ0) is 17.7. The van der Waals surface area contributed by atoms with Gasteiger partial charge >= 0.3 is 5.97 Å². The van der Waals surface area contributed by atoms with Gasteiger partial charge in [-0.25, -0.2) is 8.42 Å². The minimum Gasteiger partial charge on any atom is -0.465 e. The third-order valence-corrected chi connectivity index (χ3v) is 4.52. The first kappa shape index (κ1) is 17.8. The highest BCUT2D eigenvalue weighted by molar-refractivity contribution is 7.90. The molecule has 0 saturated carbocycles. The SMILES string of the molecule is CCOC(=O)C(C(=O)c1ccc(S(C)(=O)=O)cc1)c1ccncc1. The third-order valence-electron chi connectivity index (χ3n) is 3.39. The van der Waals surface area contributed by atoms with E-state index in [1.807, 2.05) is 0 Å². The molecule has 1 atom stereocenters. The highest BCUT2D eigenvalue weighted by atomic mass is 32.2. The molecule has 0 N–H and O–H groups in total. The highest BCUT2D eigenvalue weighted by Crippen LogP contribution is 2.23. The van der Waals surface area contributed by atoms with E-state index in [2.05, 4.69) is 4.98 Å². The van der Waals surface area contributed by atoms with Crippen LogP contribution in [0.2, 0.25) is 0 Å². The summed E-state index contributed by atoms with van der Waals surface area (Å²) in [6.07, 6.45) is 4.06. The second-order valence-electron chi connectivity index (χ2n) is 5.13. The van der Waals surface area contributed by atoms with Gasteiger partial charge in [0.25, 0.3) is 0 Å². The lowest BCUT2D eigenvalue weighted by molar-refractivity contribution is -0.143. The number of benzene rings is 1. The molecule has 0 radical (unpaired) electrons. The second-order valence-corrected chi connectivity index (χ2v) is 7.14. The molecule has 0 aliphatic heterocycles. The van der Waals surface area contributed by atoms with Crippen LogP contribution in [0.25, 0.3) is 0 Å². The summed E-state index contributed by atoms with van der Waals surface area (Å²) in [5.41, 5.74) is 0.706. The van der Waals surface area contributed by atoms with Crippen LogP contribution in [0.5, 0.6) is 0 Å². The number of ether oxygens (including phenoxy) is 1. The summed E-state index contributed by atoms with van der Waals surface area (Å²) in [6, 6.07) is 8.63. The van der Waals surface area contributed by atoms with Crippen LogP contribution >= 0.6 is 0 Å². The van der Waals surface area contributed by atoms with Gasteiger partial charge in [-0.1, -0.05) is 12.1 Å². The number of nitrogens with zero attached hydrogens (tertiary/aromatic N) is 1. The monoisotopic (exact) mass is 347 g/mol. The van der Waals surface area contributed by atoms with Crippen LogP contribution < -0.4 is 0 Å². The first-order chi connectivity index (χ1) is 11.3. The Balaban J connectivity index is 2.39. The molecule has 0 aliphatic carbocycles. The van der Waals surface area contributed by atoms with Gasteiger partial charge in [0.1, 0.15) is 5.92 Å². The van der Waals surface area contributed by atoms with Crippen molar-refractivity contribution in [2.75, 3.05) is 12.9 Å². The van der Waals surface area contributed by atoms with Crippen molar-refractivity contribution in [2.24, 2.45) is 0 Å². The zero-order valence-electron chi connectivity index (χ0n) is 13.3. The molecule has 0 spiro atoms. The van der Waals surface area contributed by atoms with E-state index >= 15 is 0 Å². The highest BCUT2D eigenvalue weighted by Gasteiger charge is 2.30. The third kappa shape index (κ3) is 4.05. The fourth-order valence-corrected chi connectivity index (χ4v) is 2.84. The molecule has 2 rings (SSSR count). The molecule has 7 heteroatoms. The molecule has 1 heterocycles. The number of pyridine rings is 1. The number of aromatic nitrogens is 1. The van der Waals surface area contributed by atoms with Gasteiger partial charge in [-0.05, 0) is 36.8 Å². The molecule has 0 bridgehead atoms. The van der Waals surface area contributed by atoms with Crippen LogP contribution in [-0.2, 0) is 19.4 Å². The van der Waals surface area contributed by atoms with E-state index in [0.717, 1.165) is 6.26 Å². The van der Waals surface area contributed by atoms with Crippen molar-refractivity contribution in [1.29, 1.82) is 0 Å². The maximum absolute atomic E-state index is 12.8. The number of rotatable bonds is 6. The zero-order valence-corrected chi connectivity index (χ0v) is 14.1. The van der Waals surface area contributed by atoms with Crippen LogP contribution in [0.4, 0.5) is 0 Å².